The molecule has 2 amide bonds. The number of rotatable bonds is 5. The molecule has 0 aromatic rings. The molecule has 0 aromatic carbocycles. The van der Waals surface area contributed by atoms with E-state index in [1.807, 2.05) is 6.92 Å². The van der Waals surface area contributed by atoms with Gasteiger partial charge in [0.05, 0.1) is 6.61 Å². The maximum atomic E-state index is 12.5. The topological polar surface area (TPSA) is 49.9 Å². The lowest BCUT2D eigenvalue weighted by atomic mass is 9.96. The second kappa shape index (κ2) is 5.72. The van der Waals surface area contributed by atoms with Crippen molar-refractivity contribution in [3.63, 3.8) is 0 Å². The highest BCUT2D eigenvalue weighted by Crippen LogP contribution is 2.29. The van der Waals surface area contributed by atoms with Gasteiger partial charge in [0.25, 0.3) is 0 Å². The number of amides is 2. The lowest BCUT2D eigenvalue weighted by Crippen LogP contribution is -2.65. The predicted octanol–water partition coefficient (Wildman–Crippen LogP) is 1.02. The van der Waals surface area contributed by atoms with Crippen molar-refractivity contribution in [3.8, 4) is 0 Å². The number of carbonyl (C=O) groups is 2. The summed E-state index contributed by atoms with van der Waals surface area (Å²) in [6, 6.07) is -0.544. The van der Waals surface area contributed by atoms with Crippen LogP contribution in [0.4, 0.5) is 0 Å². The summed E-state index contributed by atoms with van der Waals surface area (Å²) in [5, 5.41) is 0. The highest BCUT2D eigenvalue weighted by molar-refractivity contribution is 5.96. The van der Waals surface area contributed by atoms with Crippen LogP contribution in [0.3, 0.4) is 0 Å². The zero-order valence-electron chi connectivity index (χ0n) is 12.2. The van der Waals surface area contributed by atoms with E-state index in [9.17, 15) is 9.59 Å². The Morgan fingerprint density at radius 1 is 1.15 bits per heavy atom. The standard InChI is InChI=1S/C15H24N2O3/c1-11-14(18)17-7-3-2-4-13(17)15(19)16(11)8-9-20-10-12-5-6-12/h11-13H,2-10H2,1H3. The fourth-order valence-electron chi connectivity index (χ4n) is 3.21. The van der Waals surface area contributed by atoms with Gasteiger partial charge in [0.2, 0.25) is 11.8 Å². The summed E-state index contributed by atoms with van der Waals surface area (Å²) in [5.74, 6) is 0.961. The molecule has 5 heteroatoms. The van der Waals surface area contributed by atoms with E-state index in [0.29, 0.717) is 13.2 Å². The largest absolute Gasteiger partial charge is 0.379 e. The Morgan fingerprint density at radius 3 is 2.70 bits per heavy atom. The van der Waals surface area contributed by atoms with Gasteiger partial charge in [-0.05, 0) is 44.9 Å². The van der Waals surface area contributed by atoms with Gasteiger partial charge in [0.15, 0.2) is 0 Å². The molecule has 5 nitrogen and oxygen atoms in total. The van der Waals surface area contributed by atoms with Gasteiger partial charge in [-0.3, -0.25) is 9.59 Å². The number of piperidine rings is 1. The third-order valence-electron chi connectivity index (χ3n) is 4.71. The molecule has 20 heavy (non-hydrogen) atoms. The van der Waals surface area contributed by atoms with Gasteiger partial charge in [-0.2, -0.15) is 0 Å². The molecule has 3 fully saturated rings. The van der Waals surface area contributed by atoms with Crippen LogP contribution in [0.15, 0.2) is 0 Å². The number of fused-ring (bicyclic) bond motifs is 1. The van der Waals surface area contributed by atoms with Crippen LogP contribution in [0.2, 0.25) is 0 Å². The summed E-state index contributed by atoms with van der Waals surface area (Å²) in [4.78, 5) is 28.4. The van der Waals surface area contributed by atoms with Crippen LogP contribution in [0.5, 0.6) is 0 Å². The van der Waals surface area contributed by atoms with Crippen molar-refractivity contribution in [3.05, 3.63) is 0 Å². The van der Waals surface area contributed by atoms with E-state index in [1.54, 1.807) is 9.80 Å². The van der Waals surface area contributed by atoms with Crippen LogP contribution in [0.25, 0.3) is 0 Å². The summed E-state index contributed by atoms with van der Waals surface area (Å²) in [7, 11) is 0. The molecule has 2 aliphatic heterocycles. The highest BCUT2D eigenvalue weighted by Gasteiger charge is 2.44. The molecule has 1 aliphatic carbocycles. The maximum Gasteiger partial charge on any atom is 0.246 e. The molecule has 0 spiro atoms. The number of hydrogen-bond acceptors (Lipinski definition) is 3. The Kier molecular flexibility index (Phi) is 3.96. The van der Waals surface area contributed by atoms with Crippen LogP contribution in [0.1, 0.15) is 39.0 Å². The van der Waals surface area contributed by atoms with Crippen molar-refractivity contribution in [2.24, 2.45) is 5.92 Å². The molecular weight excluding hydrogens is 256 g/mol. The van der Waals surface area contributed by atoms with E-state index in [0.717, 1.165) is 38.3 Å². The van der Waals surface area contributed by atoms with Crippen LogP contribution in [-0.2, 0) is 14.3 Å². The lowest BCUT2D eigenvalue weighted by molar-refractivity contribution is -0.163. The fraction of sp³-hybridized carbons (Fsp3) is 0.867. The molecule has 2 heterocycles. The summed E-state index contributed by atoms with van der Waals surface area (Å²) in [6.07, 6.45) is 5.42. The summed E-state index contributed by atoms with van der Waals surface area (Å²) < 4.78 is 5.61. The van der Waals surface area contributed by atoms with Gasteiger partial charge in [0.1, 0.15) is 12.1 Å². The Labute approximate surface area is 120 Å². The Morgan fingerprint density at radius 2 is 1.95 bits per heavy atom. The first-order valence-corrected chi connectivity index (χ1v) is 7.87. The van der Waals surface area contributed by atoms with Gasteiger partial charge >= 0.3 is 0 Å². The van der Waals surface area contributed by atoms with Crippen molar-refractivity contribution in [1.29, 1.82) is 0 Å². The molecule has 0 aromatic heterocycles. The number of carbonyl (C=O) groups excluding carboxylic acids is 2. The lowest BCUT2D eigenvalue weighted by Gasteiger charge is -2.46. The molecule has 2 unspecified atom stereocenters. The third kappa shape index (κ3) is 2.68. The van der Waals surface area contributed by atoms with Gasteiger partial charge in [-0.1, -0.05) is 0 Å². The minimum absolute atomic E-state index is 0.108. The monoisotopic (exact) mass is 280 g/mol. The highest BCUT2D eigenvalue weighted by atomic mass is 16.5. The molecular formula is C15H24N2O3. The van der Waals surface area contributed by atoms with E-state index in [-0.39, 0.29) is 23.9 Å². The maximum absolute atomic E-state index is 12.5. The van der Waals surface area contributed by atoms with E-state index in [4.69, 9.17) is 4.74 Å². The second-order valence-electron chi connectivity index (χ2n) is 6.27. The first-order valence-electron chi connectivity index (χ1n) is 7.87. The number of piperazine rings is 1. The molecule has 112 valence electrons. The van der Waals surface area contributed by atoms with Gasteiger partial charge in [-0.15, -0.1) is 0 Å². The zero-order chi connectivity index (χ0) is 14.1. The minimum atomic E-state index is -0.332. The van der Waals surface area contributed by atoms with E-state index in [2.05, 4.69) is 0 Å². The molecule has 2 atom stereocenters. The van der Waals surface area contributed by atoms with E-state index in [1.165, 1.54) is 12.8 Å². The molecule has 2 saturated heterocycles. The van der Waals surface area contributed by atoms with E-state index >= 15 is 0 Å². The Balaban J connectivity index is 1.57. The van der Waals surface area contributed by atoms with Crippen molar-refractivity contribution >= 4 is 11.8 Å². The van der Waals surface area contributed by atoms with Crippen LogP contribution >= 0.6 is 0 Å². The van der Waals surface area contributed by atoms with Crippen molar-refractivity contribution in [2.75, 3.05) is 26.3 Å². The summed E-state index contributed by atoms with van der Waals surface area (Å²) in [6.45, 7) is 4.48. The first kappa shape index (κ1) is 13.9. The van der Waals surface area contributed by atoms with E-state index < -0.39 is 0 Å². The third-order valence-corrected chi connectivity index (χ3v) is 4.71. The smallest absolute Gasteiger partial charge is 0.246 e. The Hall–Kier alpha value is -1.10. The van der Waals surface area contributed by atoms with Gasteiger partial charge < -0.3 is 14.5 Å². The van der Waals surface area contributed by atoms with Crippen molar-refractivity contribution < 1.29 is 14.3 Å². The SMILES string of the molecule is CC1C(=O)N2CCCCC2C(=O)N1CCOCC1CC1. The molecule has 0 N–H and O–H groups in total. The predicted molar refractivity (Wildman–Crippen MR) is 74.1 cm³/mol. The molecule has 3 aliphatic rings. The van der Waals surface area contributed by atoms with Crippen molar-refractivity contribution in [2.45, 2.75) is 51.1 Å². The Bertz CT molecular complexity index is 395. The summed E-state index contributed by atoms with van der Waals surface area (Å²) in [5.41, 5.74) is 0. The molecule has 3 rings (SSSR count). The first-order chi connectivity index (χ1) is 9.68. The van der Waals surface area contributed by atoms with Crippen LogP contribution in [-0.4, -0.2) is 60.0 Å². The minimum Gasteiger partial charge on any atom is -0.379 e. The fourth-order valence-corrected chi connectivity index (χ4v) is 3.21. The average Bonchev–Trinajstić information content (AvgIpc) is 3.28. The molecule has 1 saturated carbocycles. The number of hydrogen-bond donors (Lipinski definition) is 0. The van der Waals surface area contributed by atoms with Gasteiger partial charge in [-0.25, -0.2) is 0 Å². The normalized spacial score (nSPS) is 30.6. The van der Waals surface area contributed by atoms with Crippen molar-refractivity contribution in [1.82, 2.24) is 9.80 Å². The van der Waals surface area contributed by atoms with Crippen LogP contribution in [0, 0.1) is 5.92 Å². The van der Waals surface area contributed by atoms with Crippen LogP contribution < -0.4 is 0 Å². The second-order valence-corrected chi connectivity index (χ2v) is 6.27. The molecule has 0 radical (unpaired) electrons. The quantitative estimate of drug-likeness (QED) is 0.707. The van der Waals surface area contributed by atoms with Gasteiger partial charge in [0, 0.05) is 19.7 Å². The number of nitrogens with zero attached hydrogens (tertiary/aromatic N) is 2. The molecule has 0 bridgehead atoms. The number of ether oxygens (including phenoxy) is 1. The average molecular weight is 280 g/mol. The zero-order valence-corrected chi connectivity index (χ0v) is 12.2. The summed E-state index contributed by atoms with van der Waals surface area (Å²) >= 11 is 0.